The minimum atomic E-state index is -3.79. The van der Waals surface area contributed by atoms with E-state index in [0.29, 0.717) is 43.7 Å². The lowest BCUT2D eigenvalue weighted by Crippen LogP contribution is -2.45. The molecule has 0 bridgehead atoms. The van der Waals surface area contributed by atoms with Crippen LogP contribution in [-0.4, -0.2) is 48.6 Å². The van der Waals surface area contributed by atoms with Crippen molar-refractivity contribution in [1.29, 1.82) is 0 Å². The summed E-state index contributed by atoms with van der Waals surface area (Å²) >= 11 is 0. The standard InChI is InChI=1S/C28H29FN4O4S/c1-2-26(33-16-13-22(14-17-33)27(34)21-5-7-23(29)8-6-21)38(36,37)25-11-9-24(10-12-25)32-28(35)31-19-20-4-3-15-30-18-20/h2-12,15,18,22,26H,1,13-14,16-17,19H2,(H2,31,32,35). The Labute approximate surface area is 221 Å². The van der Waals surface area contributed by atoms with Crippen LogP contribution in [0.4, 0.5) is 14.9 Å². The smallest absolute Gasteiger partial charge is 0.319 e. The Bertz CT molecular complexity index is 1370. The minimum absolute atomic E-state index is 0.0600. The van der Waals surface area contributed by atoms with Gasteiger partial charge in [-0.15, -0.1) is 6.58 Å². The maximum Gasteiger partial charge on any atom is 0.319 e. The first-order valence-electron chi connectivity index (χ1n) is 12.2. The molecular formula is C28H29FN4O4S. The van der Waals surface area contributed by atoms with Crippen LogP contribution in [0.3, 0.4) is 0 Å². The van der Waals surface area contributed by atoms with Crippen molar-refractivity contribution in [1.82, 2.24) is 15.2 Å². The molecule has 1 saturated heterocycles. The molecule has 3 aromatic rings. The Morgan fingerprint density at radius 2 is 1.76 bits per heavy atom. The van der Waals surface area contributed by atoms with Crippen molar-refractivity contribution in [3.8, 4) is 0 Å². The van der Waals surface area contributed by atoms with Crippen molar-refractivity contribution in [2.45, 2.75) is 29.7 Å². The molecule has 0 aliphatic carbocycles. The summed E-state index contributed by atoms with van der Waals surface area (Å²) in [7, 11) is -3.79. The summed E-state index contributed by atoms with van der Waals surface area (Å²) in [5.41, 5.74) is 1.75. The van der Waals surface area contributed by atoms with Gasteiger partial charge in [-0.1, -0.05) is 12.1 Å². The first-order chi connectivity index (χ1) is 18.3. The number of pyridine rings is 1. The molecule has 2 amide bonds. The lowest BCUT2D eigenvalue weighted by Gasteiger charge is -2.35. The lowest BCUT2D eigenvalue weighted by molar-refractivity contribution is 0.0840. The van der Waals surface area contributed by atoms with E-state index in [1.807, 2.05) is 6.07 Å². The first kappa shape index (κ1) is 27.2. The highest BCUT2D eigenvalue weighted by atomic mass is 32.2. The van der Waals surface area contributed by atoms with E-state index in [0.717, 1.165) is 5.56 Å². The van der Waals surface area contributed by atoms with Crippen LogP contribution in [-0.2, 0) is 16.4 Å². The molecule has 2 N–H and O–H groups in total. The van der Waals surface area contributed by atoms with E-state index >= 15 is 0 Å². The molecule has 2 heterocycles. The van der Waals surface area contributed by atoms with Gasteiger partial charge in [-0.05, 0) is 73.0 Å². The average molecular weight is 537 g/mol. The number of amides is 2. The van der Waals surface area contributed by atoms with Crippen LogP contribution in [0.2, 0.25) is 0 Å². The van der Waals surface area contributed by atoms with E-state index in [4.69, 9.17) is 0 Å². The van der Waals surface area contributed by atoms with Crippen LogP contribution in [0.1, 0.15) is 28.8 Å². The van der Waals surface area contributed by atoms with E-state index in [9.17, 15) is 22.4 Å². The van der Waals surface area contributed by atoms with Crippen LogP contribution >= 0.6 is 0 Å². The molecule has 1 aliphatic heterocycles. The van der Waals surface area contributed by atoms with E-state index in [-0.39, 0.29) is 16.6 Å². The normalized spacial score (nSPS) is 15.4. The number of likely N-dealkylation sites (tertiary alicyclic amines) is 1. The number of nitrogens with zero attached hydrogens (tertiary/aromatic N) is 2. The largest absolute Gasteiger partial charge is 0.334 e. The summed E-state index contributed by atoms with van der Waals surface area (Å²) in [5, 5.41) is 4.45. The SMILES string of the molecule is C=CC(N1CCC(C(=O)c2ccc(F)cc2)CC1)S(=O)(=O)c1ccc(NC(=O)NCc2cccnc2)cc1. The summed E-state index contributed by atoms with van der Waals surface area (Å²) < 4.78 is 40.0. The second kappa shape index (κ2) is 12.1. The van der Waals surface area contributed by atoms with Gasteiger partial charge in [0.1, 0.15) is 11.2 Å². The highest BCUT2D eigenvalue weighted by Gasteiger charge is 2.35. The second-order valence-electron chi connectivity index (χ2n) is 9.05. The monoisotopic (exact) mass is 536 g/mol. The second-order valence-corrected chi connectivity index (χ2v) is 11.1. The molecule has 0 saturated carbocycles. The predicted octanol–water partition coefficient (Wildman–Crippen LogP) is 4.42. The number of urea groups is 1. The molecule has 1 atom stereocenters. The van der Waals surface area contributed by atoms with Gasteiger partial charge in [-0.3, -0.25) is 14.7 Å². The van der Waals surface area contributed by atoms with Crippen molar-refractivity contribution in [3.63, 3.8) is 0 Å². The van der Waals surface area contributed by atoms with E-state index in [1.54, 1.807) is 23.4 Å². The summed E-state index contributed by atoms with van der Waals surface area (Å²) in [6, 6.07) is 14.6. The molecule has 198 valence electrons. The number of hydrogen-bond acceptors (Lipinski definition) is 6. The van der Waals surface area contributed by atoms with Crippen molar-refractivity contribution in [3.05, 3.63) is 103 Å². The van der Waals surface area contributed by atoms with E-state index in [2.05, 4.69) is 22.2 Å². The molecule has 38 heavy (non-hydrogen) atoms. The van der Waals surface area contributed by atoms with Crippen LogP contribution < -0.4 is 10.6 Å². The number of ketones is 1. The molecule has 2 aromatic carbocycles. The zero-order valence-electron chi connectivity index (χ0n) is 20.7. The summed E-state index contributed by atoms with van der Waals surface area (Å²) in [4.78, 5) is 30.9. The zero-order valence-corrected chi connectivity index (χ0v) is 21.5. The molecule has 1 fully saturated rings. The number of hydrogen-bond donors (Lipinski definition) is 2. The Morgan fingerprint density at radius 1 is 1.08 bits per heavy atom. The highest BCUT2D eigenvalue weighted by molar-refractivity contribution is 7.92. The van der Waals surface area contributed by atoms with Gasteiger partial charge >= 0.3 is 6.03 Å². The lowest BCUT2D eigenvalue weighted by atomic mass is 9.89. The van der Waals surface area contributed by atoms with Gasteiger partial charge in [0.05, 0.1) is 4.90 Å². The maximum atomic E-state index is 13.4. The molecule has 1 aromatic heterocycles. The Morgan fingerprint density at radius 3 is 2.37 bits per heavy atom. The average Bonchev–Trinajstić information content (AvgIpc) is 2.93. The number of aromatic nitrogens is 1. The van der Waals surface area contributed by atoms with Gasteiger partial charge in [0.25, 0.3) is 0 Å². The Kier molecular flexibility index (Phi) is 8.65. The fraction of sp³-hybridized carbons (Fsp3) is 0.250. The summed E-state index contributed by atoms with van der Waals surface area (Å²) in [5.74, 6) is -0.710. The van der Waals surface area contributed by atoms with Gasteiger partial charge in [0.15, 0.2) is 15.6 Å². The van der Waals surface area contributed by atoms with Crippen molar-refractivity contribution < 1.29 is 22.4 Å². The number of benzene rings is 2. The highest BCUT2D eigenvalue weighted by Crippen LogP contribution is 2.28. The number of halogens is 1. The van der Waals surface area contributed by atoms with E-state index in [1.165, 1.54) is 54.6 Å². The number of Topliss-reactive ketones (excluding diaryl/α,β-unsaturated/α-hetero) is 1. The van der Waals surface area contributed by atoms with Gasteiger partial charge in [-0.2, -0.15) is 0 Å². The van der Waals surface area contributed by atoms with Crippen molar-refractivity contribution >= 4 is 27.3 Å². The molecule has 1 unspecified atom stereocenters. The number of carbonyl (C=O) groups is 2. The van der Waals surface area contributed by atoms with Crippen molar-refractivity contribution in [2.24, 2.45) is 5.92 Å². The predicted molar refractivity (Wildman–Crippen MR) is 143 cm³/mol. The quantitative estimate of drug-likeness (QED) is 0.310. The van der Waals surface area contributed by atoms with Crippen LogP contribution in [0, 0.1) is 11.7 Å². The third kappa shape index (κ3) is 6.51. The molecule has 0 spiro atoms. The number of piperidine rings is 1. The first-order valence-corrected chi connectivity index (χ1v) is 13.8. The molecule has 8 nitrogen and oxygen atoms in total. The Hall–Kier alpha value is -3.89. The number of carbonyl (C=O) groups excluding carboxylic acids is 2. The van der Waals surface area contributed by atoms with Crippen LogP contribution in [0.15, 0.2) is 90.6 Å². The van der Waals surface area contributed by atoms with Crippen molar-refractivity contribution in [2.75, 3.05) is 18.4 Å². The molecule has 0 radical (unpaired) electrons. The number of rotatable bonds is 9. The third-order valence-corrected chi connectivity index (χ3v) is 8.58. The summed E-state index contributed by atoms with van der Waals surface area (Å²) in [6.07, 6.45) is 5.69. The maximum absolute atomic E-state index is 13.4. The molecular weight excluding hydrogens is 507 g/mol. The molecule has 10 heteroatoms. The van der Waals surface area contributed by atoms with Crippen LogP contribution in [0.25, 0.3) is 0 Å². The summed E-state index contributed by atoms with van der Waals surface area (Å²) in [6.45, 7) is 4.87. The van der Waals surface area contributed by atoms with Gasteiger partial charge in [-0.25, -0.2) is 17.6 Å². The topological polar surface area (TPSA) is 108 Å². The fourth-order valence-electron chi connectivity index (χ4n) is 4.47. The van der Waals surface area contributed by atoms with E-state index < -0.39 is 27.1 Å². The van der Waals surface area contributed by atoms with Gasteiger partial charge in [0.2, 0.25) is 0 Å². The minimum Gasteiger partial charge on any atom is -0.334 e. The van der Waals surface area contributed by atoms with Gasteiger partial charge in [0, 0.05) is 49.2 Å². The number of nitrogens with one attached hydrogen (secondary N) is 2. The number of sulfone groups is 1. The fourth-order valence-corrected chi connectivity index (χ4v) is 6.12. The third-order valence-electron chi connectivity index (χ3n) is 6.53. The Balaban J connectivity index is 1.34. The van der Waals surface area contributed by atoms with Gasteiger partial charge < -0.3 is 10.6 Å². The van der Waals surface area contributed by atoms with Crippen LogP contribution in [0.5, 0.6) is 0 Å². The molecule has 1 aliphatic rings. The number of anilines is 1. The zero-order chi connectivity index (χ0) is 27.1. The molecule has 4 rings (SSSR count).